The molecule has 6 heteroatoms. The van der Waals surface area contributed by atoms with Gasteiger partial charge in [0, 0.05) is 0 Å². The minimum absolute atomic E-state index is 0.0266. The first kappa shape index (κ1) is 34.4. The van der Waals surface area contributed by atoms with Crippen LogP contribution in [0, 0.1) is 16.7 Å². The van der Waals surface area contributed by atoms with E-state index in [2.05, 4.69) is 19.9 Å². The summed E-state index contributed by atoms with van der Waals surface area (Å²) in [6.45, 7) is 6.72. The number of carbonyl (C=O) groups excluding carboxylic acids is 2. The molecule has 0 radical (unpaired) electrons. The van der Waals surface area contributed by atoms with Crippen LogP contribution in [-0.4, -0.2) is 25.2 Å². The lowest BCUT2D eigenvalue weighted by Crippen LogP contribution is -2.23. The van der Waals surface area contributed by atoms with Gasteiger partial charge in [0.2, 0.25) is 0 Å². The Bertz CT molecular complexity index is 1350. The number of hydrogen-bond donors (Lipinski definition) is 0. The van der Waals surface area contributed by atoms with Crippen LogP contribution < -0.4 is 9.47 Å². The van der Waals surface area contributed by atoms with Crippen molar-refractivity contribution in [2.24, 2.45) is 5.41 Å². The molecule has 0 amide bonds. The van der Waals surface area contributed by atoms with Gasteiger partial charge in [-0.3, -0.25) is 0 Å². The lowest BCUT2D eigenvalue weighted by molar-refractivity contribution is 0.0377. The van der Waals surface area contributed by atoms with Crippen molar-refractivity contribution in [1.82, 2.24) is 0 Å². The number of carbonyl (C=O) groups is 2. The molecule has 1 unspecified atom stereocenters. The molecule has 3 aromatic rings. The third-order valence-corrected chi connectivity index (χ3v) is 7.74. The van der Waals surface area contributed by atoms with E-state index in [1.54, 1.807) is 37.3 Å². The molecule has 0 saturated carbocycles. The average Bonchev–Trinajstić information content (AvgIpc) is 3.06. The summed E-state index contributed by atoms with van der Waals surface area (Å²) in [7, 11) is 0. The van der Waals surface area contributed by atoms with E-state index in [-0.39, 0.29) is 6.61 Å². The number of esters is 2. The summed E-state index contributed by atoms with van der Waals surface area (Å²) in [5.41, 5.74) is 1.65. The number of ether oxygens (including phenoxy) is 3. The molecule has 234 valence electrons. The van der Waals surface area contributed by atoms with Crippen LogP contribution in [0.1, 0.15) is 112 Å². The Morgan fingerprint density at radius 1 is 0.750 bits per heavy atom. The van der Waals surface area contributed by atoms with Crippen LogP contribution in [-0.2, 0) is 4.74 Å². The number of hydrogen-bond acceptors (Lipinski definition) is 6. The number of nitriles is 1. The van der Waals surface area contributed by atoms with Gasteiger partial charge in [-0.25, -0.2) is 9.59 Å². The summed E-state index contributed by atoms with van der Waals surface area (Å²) in [6, 6.07) is 23.7. The highest BCUT2D eigenvalue weighted by molar-refractivity contribution is 5.99. The zero-order chi connectivity index (χ0) is 31.6. The smallest absolute Gasteiger partial charge is 0.344 e. The van der Waals surface area contributed by atoms with E-state index < -0.39 is 17.4 Å². The molecule has 0 saturated heterocycles. The second-order valence-corrected chi connectivity index (χ2v) is 11.7. The molecule has 3 rings (SSSR count). The SMILES string of the molecule is CCCCCCCCCCOc1ccc(-c2ccccc2)c(C(=O)Oc2ccc(C(=O)OCC(C)(C#N)CCCC)cc2)c1. The molecular weight excluding hydrogens is 550 g/mol. The van der Waals surface area contributed by atoms with E-state index in [0.717, 1.165) is 36.8 Å². The lowest BCUT2D eigenvalue weighted by atomic mass is 9.87. The third-order valence-electron chi connectivity index (χ3n) is 7.74. The third kappa shape index (κ3) is 11.2. The van der Waals surface area contributed by atoms with Crippen LogP contribution in [0.5, 0.6) is 11.5 Å². The molecule has 0 aliphatic carbocycles. The first-order valence-electron chi connectivity index (χ1n) is 16.1. The highest BCUT2D eigenvalue weighted by atomic mass is 16.5. The van der Waals surface area contributed by atoms with Crippen molar-refractivity contribution in [2.45, 2.75) is 91.4 Å². The Morgan fingerprint density at radius 2 is 1.39 bits per heavy atom. The molecule has 0 heterocycles. The molecule has 0 aliphatic rings. The predicted octanol–water partition coefficient (Wildman–Crippen LogP) is 9.97. The van der Waals surface area contributed by atoms with Gasteiger partial charge in [-0.1, -0.05) is 102 Å². The van der Waals surface area contributed by atoms with Gasteiger partial charge in [0.05, 0.1) is 29.2 Å². The van der Waals surface area contributed by atoms with Crippen LogP contribution in [0.15, 0.2) is 72.8 Å². The molecule has 0 fully saturated rings. The molecule has 0 aliphatic heterocycles. The van der Waals surface area contributed by atoms with Crippen molar-refractivity contribution in [2.75, 3.05) is 13.2 Å². The number of nitrogens with zero attached hydrogens (tertiary/aromatic N) is 1. The number of unbranched alkanes of at least 4 members (excludes halogenated alkanes) is 8. The van der Waals surface area contributed by atoms with Crippen LogP contribution in [0.3, 0.4) is 0 Å². The van der Waals surface area contributed by atoms with Gasteiger partial charge in [-0.15, -0.1) is 0 Å². The molecule has 1 atom stereocenters. The maximum atomic E-state index is 13.4. The summed E-state index contributed by atoms with van der Waals surface area (Å²) in [6.07, 6.45) is 12.3. The van der Waals surface area contributed by atoms with Crippen molar-refractivity contribution in [3.63, 3.8) is 0 Å². The zero-order valence-corrected chi connectivity index (χ0v) is 26.6. The monoisotopic (exact) mass is 597 g/mol. The van der Waals surface area contributed by atoms with Gasteiger partial charge in [0.25, 0.3) is 0 Å². The number of benzene rings is 3. The first-order chi connectivity index (χ1) is 21.4. The largest absolute Gasteiger partial charge is 0.494 e. The highest BCUT2D eigenvalue weighted by Gasteiger charge is 2.26. The fraction of sp³-hybridized carbons (Fsp3) is 0.447. The fourth-order valence-corrected chi connectivity index (χ4v) is 4.93. The van der Waals surface area contributed by atoms with Gasteiger partial charge < -0.3 is 14.2 Å². The van der Waals surface area contributed by atoms with Crippen LogP contribution in [0.4, 0.5) is 0 Å². The molecule has 3 aromatic carbocycles. The van der Waals surface area contributed by atoms with Gasteiger partial charge in [0.15, 0.2) is 0 Å². The van der Waals surface area contributed by atoms with E-state index in [9.17, 15) is 14.9 Å². The van der Waals surface area contributed by atoms with E-state index in [0.29, 0.717) is 35.7 Å². The lowest BCUT2D eigenvalue weighted by Gasteiger charge is -2.20. The number of rotatable bonds is 19. The van der Waals surface area contributed by atoms with E-state index in [4.69, 9.17) is 14.2 Å². The summed E-state index contributed by atoms with van der Waals surface area (Å²) in [5, 5.41) is 9.53. The van der Waals surface area contributed by atoms with Gasteiger partial charge in [-0.2, -0.15) is 5.26 Å². The maximum Gasteiger partial charge on any atom is 0.344 e. The topological polar surface area (TPSA) is 85.6 Å². The van der Waals surface area contributed by atoms with Gasteiger partial charge in [0.1, 0.15) is 18.1 Å². The molecular formula is C38H47NO5. The molecule has 0 aromatic heterocycles. The Kier molecular flexibility index (Phi) is 14.5. The average molecular weight is 598 g/mol. The minimum Gasteiger partial charge on any atom is -0.494 e. The van der Waals surface area contributed by atoms with Crippen LogP contribution in [0.25, 0.3) is 11.1 Å². The van der Waals surface area contributed by atoms with Crippen molar-refractivity contribution >= 4 is 11.9 Å². The second kappa shape index (κ2) is 18.5. The predicted molar refractivity (Wildman–Crippen MR) is 175 cm³/mol. The second-order valence-electron chi connectivity index (χ2n) is 11.7. The Labute approximate surface area is 263 Å². The van der Waals surface area contributed by atoms with Crippen molar-refractivity contribution in [3.05, 3.63) is 83.9 Å². The summed E-state index contributed by atoms with van der Waals surface area (Å²) in [4.78, 5) is 26.1. The molecule has 0 N–H and O–H groups in total. The Balaban J connectivity index is 1.63. The Morgan fingerprint density at radius 3 is 2.05 bits per heavy atom. The Hall–Kier alpha value is -4.11. The van der Waals surface area contributed by atoms with E-state index in [1.807, 2.05) is 42.5 Å². The summed E-state index contributed by atoms with van der Waals surface area (Å²) < 4.78 is 17.2. The van der Waals surface area contributed by atoms with Gasteiger partial charge >= 0.3 is 11.9 Å². The fourth-order valence-electron chi connectivity index (χ4n) is 4.93. The molecule has 0 bridgehead atoms. The standard InChI is InChI=1S/C38H47NO5/c1-4-6-8-9-10-11-12-16-26-42-33-23-24-34(30-17-14-13-15-18-30)35(27-33)37(41)44-32-21-19-31(20-22-32)36(40)43-29-38(3,28-39)25-7-5-2/h13-15,17-24,27H,4-12,16,25-26,29H2,1-3H3. The summed E-state index contributed by atoms with van der Waals surface area (Å²) >= 11 is 0. The van der Waals surface area contributed by atoms with Crippen molar-refractivity contribution in [1.29, 1.82) is 5.26 Å². The van der Waals surface area contributed by atoms with Crippen LogP contribution in [0.2, 0.25) is 0 Å². The molecule has 0 spiro atoms. The molecule has 6 nitrogen and oxygen atoms in total. The minimum atomic E-state index is -0.719. The van der Waals surface area contributed by atoms with Gasteiger partial charge in [-0.05, 0) is 73.4 Å². The van der Waals surface area contributed by atoms with Crippen LogP contribution >= 0.6 is 0 Å². The summed E-state index contributed by atoms with van der Waals surface area (Å²) in [5.74, 6) is -0.104. The highest BCUT2D eigenvalue weighted by Crippen LogP contribution is 2.29. The molecule has 44 heavy (non-hydrogen) atoms. The first-order valence-corrected chi connectivity index (χ1v) is 16.1. The zero-order valence-electron chi connectivity index (χ0n) is 26.6. The van der Waals surface area contributed by atoms with Crippen molar-refractivity contribution < 1.29 is 23.8 Å². The van der Waals surface area contributed by atoms with E-state index in [1.165, 1.54) is 38.5 Å². The van der Waals surface area contributed by atoms with E-state index >= 15 is 0 Å². The quantitative estimate of drug-likeness (QED) is 0.0776. The maximum absolute atomic E-state index is 13.4. The van der Waals surface area contributed by atoms with Crippen molar-refractivity contribution in [3.8, 4) is 28.7 Å². The normalized spacial score (nSPS) is 12.1.